The lowest BCUT2D eigenvalue weighted by Crippen LogP contribution is -1.95. The Hall–Kier alpha value is -0.240. The molecule has 0 radical (unpaired) electrons. The van der Waals surface area contributed by atoms with Gasteiger partial charge in [0.1, 0.15) is 0 Å². The van der Waals surface area contributed by atoms with Crippen LogP contribution in [0.4, 0.5) is 0 Å². The Kier molecular flexibility index (Phi) is 2.99. The van der Waals surface area contributed by atoms with Crippen molar-refractivity contribution in [2.45, 2.75) is 6.92 Å². The molecule has 4 heteroatoms. The summed E-state index contributed by atoms with van der Waals surface area (Å²) < 4.78 is 0. The van der Waals surface area contributed by atoms with Crippen LogP contribution in [0.15, 0.2) is 12.1 Å². The van der Waals surface area contributed by atoms with Gasteiger partial charge in [-0.05, 0) is 36.2 Å². The van der Waals surface area contributed by atoms with Crippen LogP contribution in [-0.2, 0) is 0 Å². The lowest BCUT2D eigenvalue weighted by molar-refractivity contribution is 0.108. The summed E-state index contributed by atoms with van der Waals surface area (Å²) in [6.07, 6.45) is 0. The van der Waals surface area contributed by atoms with Crippen molar-refractivity contribution in [1.82, 2.24) is 0 Å². The minimum Gasteiger partial charge on any atom is -0.276 e. The molecule has 0 aliphatic carbocycles. The predicted octanol–water partition coefficient (Wildman–Crippen LogP) is 3.68. The van der Waals surface area contributed by atoms with E-state index in [9.17, 15) is 4.79 Å². The predicted molar refractivity (Wildman–Crippen MR) is 51.4 cm³/mol. The summed E-state index contributed by atoms with van der Waals surface area (Å²) in [5.41, 5.74) is 0.898. The van der Waals surface area contributed by atoms with Gasteiger partial charge in [-0.15, -0.1) is 0 Å². The molecule has 0 N–H and O–H groups in total. The highest BCUT2D eigenvalue weighted by Gasteiger charge is 2.12. The molecule has 0 heterocycles. The first-order chi connectivity index (χ1) is 5.54. The highest BCUT2D eigenvalue weighted by atomic mass is 35.5. The summed E-state index contributed by atoms with van der Waals surface area (Å²) in [5, 5.41) is 0.236. The Labute approximate surface area is 85.2 Å². The summed E-state index contributed by atoms with van der Waals surface area (Å²) in [6.45, 7) is 1.70. The molecule has 64 valence electrons. The van der Waals surface area contributed by atoms with Crippen LogP contribution >= 0.6 is 34.8 Å². The van der Waals surface area contributed by atoms with Crippen molar-refractivity contribution in [2.75, 3.05) is 0 Å². The SMILES string of the molecule is Cc1c(Cl)ccc(Cl)c1C(=O)Cl. The van der Waals surface area contributed by atoms with E-state index in [1.54, 1.807) is 19.1 Å². The highest BCUT2D eigenvalue weighted by molar-refractivity contribution is 6.69. The van der Waals surface area contributed by atoms with Crippen molar-refractivity contribution < 1.29 is 4.79 Å². The minimum absolute atomic E-state index is 0.283. The molecule has 0 aromatic heterocycles. The molecule has 0 bridgehead atoms. The molecule has 1 aromatic carbocycles. The zero-order chi connectivity index (χ0) is 9.30. The third kappa shape index (κ3) is 1.74. The summed E-state index contributed by atoms with van der Waals surface area (Å²) in [7, 11) is 0. The topological polar surface area (TPSA) is 17.1 Å². The monoisotopic (exact) mass is 222 g/mol. The molecule has 0 spiro atoms. The van der Waals surface area contributed by atoms with E-state index in [-0.39, 0.29) is 5.56 Å². The van der Waals surface area contributed by atoms with Gasteiger partial charge in [0.15, 0.2) is 0 Å². The number of rotatable bonds is 1. The van der Waals surface area contributed by atoms with Crippen LogP contribution in [0.3, 0.4) is 0 Å². The van der Waals surface area contributed by atoms with Crippen LogP contribution in [0.1, 0.15) is 15.9 Å². The van der Waals surface area contributed by atoms with E-state index in [4.69, 9.17) is 34.8 Å². The van der Waals surface area contributed by atoms with Gasteiger partial charge in [0, 0.05) is 5.02 Å². The van der Waals surface area contributed by atoms with Crippen LogP contribution in [0.25, 0.3) is 0 Å². The van der Waals surface area contributed by atoms with Gasteiger partial charge in [-0.2, -0.15) is 0 Å². The van der Waals surface area contributed by atoms with E-state index in [1.807, 2.05) is 0 Å². The van der Waals surface area contributed by atoms with Gasteiger partial charge < -0.3 is 0 Å². The number of carbonyl (C=O) groups excluding carboxylic acids is 1. The molecule has 0 atom stereocenters. The van der Waals surface area contributed by atoms with E-state index in [2.05, 4.69) is 0 Å². The second-order valence-electron chi connectivity index (χ2n) is 2.30. The summed E-state index contributed by atoms with van der Waals surface area (Å²) >= 11 is 16.8. The standard InChI is InChI=1S/C8H5Cl3O/c1-4-5(9)2-3-6(10)7(4)8(11)12/h2-3H,1H3. The molecular weight excluding hydrogens is 218 g/mol. The van der Waals surface area contributed by atoms with E-state index in [0.717, 1.165) is 0 Å². The maximum atomic E-state index is 10.9. The average molecular weight is 223 g/mol. The number of benzene rings is 1. The molecule has 12 heavy (non-hydrogen) atoms. The Morgan fingerprint density at radius 2 is 1.75 bits per heavy atom. The van der Waals surface area contributed by atoms with Crippen LogP contribution in [0, 0.1) is 6.92 Å². The van der Waals surface area contributed by atoms with E-state index < -0.39 is 5.24 Å². The Balaban J connectivity index is 3.43. The van der Waals surface area contributed by atoms with Crippen molar-refractivity contribution in [2.24, 2.45) is 0 Å². The third-order valence-corrected chi connectivity index (χ3v) is 2.46. The van der Waals surface area contributed by atoms with Gasteiger partial charge >= 0.3 is 0 Å². The van der Waals surface area contributed by atoms with Gasteiger partial charge in [0.25, 0.3) is 5.24 Å². The highest BCUT2D eigenvalue weighted by Crippen LogP contribution is 2.27. The molecule has 0 saturated carbocycles. The number of hydrogen-bond donors (Lipinski definition) is 0. The molecule has 0 aliphatic rings. The fourth-order valence-electron chi connectivity index (χ4n) is 0.894. The molecule has 1 rings (SSSR count). The Bertz CT molecular complexity index is 333. The summed E-state index contributed by atoms with van der Waals surface area (Å²) in [6, 6.07) is 3.18. The fraction of sp³-hybridized carbons (Fsp3) is 0.125. The first kappa shape index (κ1) is 9.85. The third-order valence-electron chi connectivity index (χ3n) is 1.54. The second kappa shape index (κ2) is 3.65. The van der Waals surface area contributed by atoms with Gasteiger partial charge in [-0.3, -0.25) is 4.79 Å². The lowest BCUT2D eigenvalue weighted by atomic mass is 10.1. The Morgan fingerprint density at radius 1 is 1.25 bits per heavy atom. The number of hydrogen-bond acceptors (Lipinski definition) is 1. The minimum atomic E-state index is -0.583. The lowest BCUT2D eigenvalue weighted by Gasteiger charge is -2.04. The number of carbonyl (C=O) groups is 1. The van der Waals surface area contributed by atoms with E-state index >= 15 is 0 Å². The average Bonchev–Trinajstić information content (AvgIpc) is 1.97. The van der Waals surface area contributed by atoms with Crippen LogP contribution in [0.5, 0.6) is 0 Å². The van der Waals surface area contributed by atoms with Crippen molar-refractivity contribution >= 4 is 40.0 Å². The maximum Gasteiger partial charge on any atom is 0.254 e. The molecule has 0 aliphatic heterocycles. The zero-order valence-electron chi connectivity index (χ0n) is 6.20. The second-order valence-corrected chi connectivity index (χ2v) is 3.46. The van der Waals surface area contributed by atoms with Gasteiger partial charge in [0.2, 0.25) is 0 Å². The van der Waals surface area contributed by atoms with Crippen LogP contribution in [-0.4, -0.2) is 5.24 Å². The molecule has 0 unspecified atom stereocenters. The summed E-state index contributed by atoms with van der Waals surface area (Å²) in [4.78, 5) is 10.9. The first-order valence-electron chi connectivity index (χ1n) is 3.18. The summed E-state index contributed by atoms with van der Waals surface area (Å²) in [5.74, 6) is 0. The quantitative estimate of drug-likeness (QED) is 0.664. The van der Waals surface area contributed by atoms with Gasteiger partial charge in [-0.1, -0.05) is 23.2 Å². The molecule has 1 nitrogen and oxygen atoms in total. The normalized spacial score (nSPS) is 10.0. The van der Waals surface area contributed by atoms with E-state index in [1.165, 1.54) is 0 Å². The smallest absolute Gasteiger partial charge is 0.254 e. The fourth-order valence-corrected chi connectivity index (χ4v) is 1.63. The number of halogens is 3. The Morgan fingerprint density at radius 3 is 2.17 bits per heavy atom. The van der Waals surface area contributed by atoms with Gasteiger partial charge in [-0.25, -0.2) is 0 Å². The first-order valence-corrected chi connectivity index (χ1v) is 4.32. The molecule has 0 amide bonds. The van der Waals surface area contributed by atoms with Crippen LogP contribution in [0.2, 0.25) is 10.0 Å². The molecule has 0 fully saturated rings. The largest absolute Gasteiger partial charge is 0.276 e. The van der Waals surface area contributed by atoms with Crippen molar-refractivity contribution in [3.05, 3.63) is 33.3 Å². The molecular formula is C8H5Cl3O. The van der Waals surface area contributed by atoms with Crippen molar-refractivity contribution in [1.29, 1.82) is 0 Å². The van der Waals surface area contributed by atoms with Crippen molar-refractivity contribution in [3.8, 4) is 0 Å². The molecule has 1 aromatic rings. The maximum absolute atomic E-state index is 10.9. The van der Waals surface area contributed by atoms with Crippen LogP contribution < -0.4 is 0 Å². The zero-order valence-corrected chi connectivity index (χ0v) is 8.46. The van der Waals surface area contributed by atoms with Crippen molar-refractivity contribution in [3.63, 3.8) is 0 Å². The van der Waals surface area contributed by atoms with Gasteiger partial charge in [0.05, 0.1) is 10.6 Å². The van der Waals surface area contributed by atoms with E-state index in [0.29, 0.717) is 15.6 Å². The molecule has 0 saturated heterocycles.